The van der Waals surface area contributed by atoms with Crippen molar-refractivity contribution in [1.29, 1.82) is 0 Å². The highest BCUT2D eigenvalue weighted by Crippen LogP contribution is 2.39. The smallest absolute Gasteiger partial charge is 0.305 e. The van der Waals surface area contributed by atoms with Gasteiger partial charge in [0.2, 0.25) is 6.79 Å². The van der Waals surface area contributed by atoms with Crippen LogP contribution < -0.4 is 9.47 Å². The number of carbonyl (C=O) groups excluding carboxylic acids is 1. The Morgan fingerprint density at radius 1 is 1.45 bits per heavy atom. The summed E-state index contributed by atoms with van der Waals surface area (Å²) in [6.45, 7) is 0.226. The van der Waals surface area contributed by atoms with Gasteiger partial charge in [-0.15, -0.1) is 0 Å². The Bertz CT molecular complexity index is 700. The third kappa shape index (κ3) is 2.79. The molecule has 114 valence electrons. The minimum atomic E-state index is -0.968. The van der Waals surface area contributed by atoms with E-state index in [-0.39, 0.29) is 25.7 Å². The lowest BCUT2D eigenvalue weighted by Crippen LogP contribution is -2.30. The van der Waals surface area contributed by atoms with Crippen LogP contribution in [0.3, 0.4) is 0 Å². The fourth-order valence-electron chi connectivity index (χ4n) is 2.11. The van der Waals surface area contributed by atoms with E-state index in [1.54, 1.807) is 12.1 Å². The van der Waals surface area contributed by atoms with E-state index in [2.05, 4.69) is 0 Å². The standard InChI is InChI=1S/C14H11NO5S2/c16-11(17)4-5-15-13(18)10(22-14(15)21)6-8-2-1-3-9-12(8)20-7-19-9/h1-3,6H,4-5,7H2,(H,16,17)/b10-6-. The maximum absolute atomic E-state index is 12.3. The van der Waals surface area contributed by atoms with Crippen LogP contribution in [0.2, 0.25) is 0 Å². The van der Waals surface area contributed by atoms with Crippen LogP contribution in [0.5, 0.6) is 11.5 Å². The third-order valence-corrected chi connectivity index (χ3v) is 4.51. The summed E-state index contributed by atoms with van der Waals surface area (Å²) in [5, 5.41) is 8.72. The topological polar surface area (TPSA) is 76.1 Å². The van der Waals surface area contributed by atoms with E-state index < -0.39 is 5.97 Å². The van der Waals surface area contributed by atoms with Crippen molar-refractivity contribution < 1.29 is 24.2 Å². The Kier molecular flexibility index (Phi) is 4.04. The molecule has 6 nitrogen and oxygen atoms in total. The van der Waals surface area contributed by atoms with E-state index in [1.165, 1.54) is 4.90 Å². The molecule has 1 saturated heterocycles. The molecule has 22 heavy (non-hydrogen) atoms. The van der Waals surface area contributed by atoms with E-state index in [1.807, 2.05) is 12.1 Å². The van der Waals surface area contributed by atoms with Gasteiger partial charge in [0, 0.05) is 12.1 Å². The Balaban J connectivity index is 1.84. The number of benzene rings is 1. The van der Waals surface area contributed by atoms with Crippen molar-refractivity contribution in [3.63, 3.8) is 0 Å². The molecule has 3 rings (SSSR count). The molecule has 1 aromatic rings. The Morgan fingerprint density at radius 2 is 2.27 bits per heavy atom. The summed E-state index contributed by atoms with van der Waals surface area (Å²) in [5.41, 5.74) is 0.730. The van der Waals surface area contributed by atoms with Gasteiger partial charge in [-0.3, -0.25) is 14.5 Å². The molecular formula is C14H11NO5S2. The second-order valence-corrected chi connectivity index (χ2v) is 6.23. The molecule has 2 aliphatic heterocycles. The fourth-order valence-corrected chi connectivity index (χ4v) is 3.41. The van der Waals surface area contributed by atoms with Crippen molar-refractivity contribution in [1.82, 2.24) is 4.90 Å². The molecule has 0 saturated carbocycles. The summed E-state index contributed by atoms with van der Waals surface area (Å²) in [4.78, 5) is 24.7. The second kappa shape index (κ2) is 5.98. The maximum Gasteiger partial charge on any atom is 0.305 e. The number of hydrogen-bond acceptors (Lipinski definition) is 6. The number of fused-ring (bicyclic) bond motifs is 1. The quantitative estimate of drug-likeness (QED) is 0.666. The Labute approximate surface area is 135 Å². The van der Waals surface area contributed by atoms with Crippen LogP contribution in [0.4, 0.5) is 0 Å². The van der Waals surface area contributed by atoms with Gasteiger partial charge in [0.1, 0.15) is 4.32 Å². The monoisotopic (exact) mass is 337 g/mol. The van der Waals surface area contributed by atoms with E-state index in [0.29, 0.717) is 20.7 Å². The first kappa shape index (κ1) is 14.9. The predicted molar refractivity (Wildman–Crippen MR) is 84.7 cm³/mol. The van der Waals surface area contributed by atoms with Gasteiger partial charge >= 0.3 is 5.97 Å². The van der Waals surface area contributed by atoms with E-state index in [0.717, 1.165) is 17.3 Å². The number of thiocarbonyl (C=S) groups is 1. The highest BCUT2D eigenvalue weighted by atomic mass is 32.2. The molecule has 0 spiro atoms. The normalized spacial score (nSPS) is 18.4. The molecule has 0 aliphatic carbocycles. The lowest BCUT2D eigenvalue weighted by Gasteiger charge is -2.12. The number of ether oxygens (including phenoxy) is 2. The van der Waals surface area contributed by atoms with E-state index >= 15 is 0 Å². The van der Waals surface area contributed by atoms with Gasteiger partial charge < -0.3 is 14.6 Å². The molecule has 0 bridgehead atoms. The van der Waals surface area contributed by atoms with Crippen molar-refractivity contribution in [3.05, 3.63) is 28.7 Å². The summed E-state index contributed by atoms with van der Waals surface area (Å²) in [6.07, 6.45) is 1.55. The molecule has 1 fully saturated rings. The van der Waals surface area contributed by atoms with Gasteiger partial charge in [0.15, 0.2) is 11.5 Å². The van der Waals surface area contributed by atoms with Crippen molar-refractivity contribution in [3.8, 4) is 11.5 Å². The minimum absolute atomic E-state index is 0.0733. The van der Waals surface area contributed by atoms with Gasteiger partial charge in [0.25, 0.3) is 5.91 Å². The van der Waals surface area contributed by atoms with Crippen LogP contribution in [-0.4, -0.2) is 39.5 Å². The number of aliphatic carboxylic acids is 1. The summed E-state index contributed by atoms with van der Waals surface area (Å²) >= 11 is 6.29. The first-order valence-electron chi connectivity index (χ1n) is 6.42. The summed E-state index contributed by atoms with van der Waals surface area (Å²) in [5.74, 6) is -0.0226. The van der Waals surface area contributed by atoms with Gasteiger partial charge in [0.05, 0.1) is 11.3 Å². The number of hydrogen-bond donors (Lipinski definition) is 1. The molecule has 1 amide bonds. The van der Waals surface area contributed by atoms with Crippen LogP contribution in [0, 0.1) is 0 Å². The molecule has 0 radical (unpaired) electrons. The van der Waals surface area contributed by atoms with Crippen molar-refractivity contribution in [2.75, 3.05) is 13.3 Å². The van der Waals surface area contributed by atoms with Crippen LogP contribution in [0.15, 0.2) is 23.1 Å². The first-order valence-corrected chi connectivity index (χ1v) is 7.64. The van der Waals surface area contributed by atoms with Crippen LogP contribution in [0.1, 0.15) is 12.0 Å². The van der Waals surface area contributed by atoms with E-state index in [9.17, 15) is 9.59 Å². The predicted octanol–water partition coefficient (Wildman–Crippen LogP) is 2.09. The fraction of sp³-hybridized carbons (Fsp3) is 0.214. The Hall–Kier alpha value is -2.06. The number of nitrogens with zero attached hydrogens (tertiary/aromatic N) is 1. The zero-order valence-corrected chi connectivity index (χ0v) is 12.9. The number of carbonyl (C=O) groups is 2. The SMILES string of the molecule is O=C(O)CCN1C(=O)/C(=C/c2cccc3c2OCO3)SC1=S. The molecule has 2 heterocycles. The molecule has 2 aliphatic rings. The second-order valence-electron chi connectivity index (χ2n) is 4.56. The number of amides is 1. The van der Waals surface area contributed by atoms with Crippen molar-refractivity contribution in [2.24, 2.45) is 0 Å². The number of carboxylic acids is 1. The van der Waals surface area contributed by atoms with Crippen LogP contribution in [-0.2, 0) is 9.59 Å². The van der Waals surface area contributed by atoms with Gasteiger partial charge in [-0.2, -0.15) is 0 Å². The lowest BCUT2D eigenvalue weighted by molar-refractivity contribution is -0.137. The van der Waals surface area contributed by atoms with Crippen LogP contribution >= 0.6 is 24.0 Å². The van der Waals surface area contributed by atoms with Crippen LogP contribution in [0.25, 0.3) is 6.08 Å². The lowest BCUT2D eigenvalue weighted by atomic mass is 10.1. The summed E-state index contributed by atoms with van der Waals surface area (Å²) in [7, 11) is 0. The minimum Gasteiger partial charge on any atom is -0.481 e. The van der Waals surface area contributed by atoms with E-state index in [4.69, 9.17) is 26.8 Å². The zero-order chi connectivity index (χ0) is 15.7. The number of thioether (sulfide) groups is 1. The average Bonchev–Trinajstić information content (AvgIpc) is 3.04. The number of carboxylic acid groups (broad SMARTS) is 1. The Morgan fingerprint density at radius 3 is 3.05 bits per heavy atom. The largest absolute Gasteiger partial charge is 0.481 e. The third-order valence-electron chi connectivity index (χ3n) is 3.14. The molecule has 0 atom stereocenters. The highest BCUT2D eigenvalue weighted by Gasteiger charge is 2.32. The highest BCUT2D eigenvalue weighted by molar-refractivity contribution is 8.26. The molecule has 8 heteroatoms. The zero-order valence-electron chi connectivity index (χ0n) is 11.3. The number of para-hydroxylation sites is 1. The maximum atomic E-state index is 12.3. The number of rotatable bonds is 4. The summed E-state index contributed by atoms with van der Waals surface area (Å²) < 4.78 is 11.1. The molecule has 1 N–H and O–H groups in total. The molecule has 0 unspecified atom stereocenters. The molecule has 0 aromatic heterocycles. The summed E-state index contributed by atoms with van der Waals surface area (Å²) in [6, 6.07) is 5.42. The average molecular weight is 337 g/mol. The first-order chi connectivity index (χ1) is 10.6. The van der Waals surface area contributed by atoms with Gasteiger partial charge in [-0.05, 0) is 12.1 Å². The van der Waals surface area contributed by atoms with Crippen molar-refractivity contribution in [2.45, 2.75) is 6.42 Å². The van der Waals surface area contributed by atoms with Gasteiger partial charge in [-0.1, -0.05) is 36.1 Å². The molecular weight excluding hydrogens is 326 g/mol. The van der Waals surface area contributed by atoms with Gasteiger partial charge in [-0.25, -0.2) is 0 Å². The molecule has 1 aromatic carbocycles. The van der Waals surface area contributed by atoms with Crippen molar-refractivity contribution >= 4 is 46.3 Å².